The monoisotopic (exact) mass is 268 g/mol. The molecule has 0 saturated heterocycles. The minimum Gasteiger partial charge on any atom is -0.381 e. The molecule has 0 N–H and O–H groups in total. The number of hydrogen-bond donors (Lipinski definition) is 0. The maximum atomic E-state index is 10.7. The van der Waals surface area contributed by atoms with Gasteiger partial charge in [0.2, 0.25) is 0 Å². The lowest BCUT2D eigenvalue weighted by Crippen LogP contribution is -2.12. The lowest BCUT2D eigenvalue weighted by molar-refractivity contribution is -0.115. The predicted octanol–water partition coefficient (Wildman–Crippen LogP) is 4.76. The SMILES string of the molecule is CC(C)(C=O)CCCCOCCCCC1CCCC1. The van der Waals surface area contributed by atoms with Crippen molar-refractivity contribution >= 4 is 6.29 Å². The molecule has 0 spiro atoms. The van der Waals surface area contributed by atoms with Crippen molar-refractivity contribution in [2.24, 2.45) is 11.3 Å². The highest BCUT2D eigenvalue weighted by Gasteiger charge is 2.15. The number of rotatable bonds is 11. The highest BCUT2D eigenvalue weighted by molar-refractivity contribution is 5.57. The Morgan fingerprint density at radius 2 is 1.68 bits per heavy atom. The van der Waals surface area contributed by atoms with Gasteiger partial charge in [-0.2, -0.15) is 0 Å². The molecular formula is C17H32O2. The lowest BCUT2D eigenvalue weighted by atomic mass is 9.89. The van der Waals surface area contributed by atoms with Crippen LogP contribution in [0.25, 0.3) is 0 Å². The Hall–Kier alpha value is -0.370. The molecular weight excluding hydrogens is 236 g/mol. The predicted molar refractivity (Wildman–Crippen MR) is 80.3 cm³/mol. The minimum atomic E-state index is -0.152. The van der Waals surface area contributed by atoms with E-state index in [-0.39, 0.29) is 5.41 Å². The van der Waals surface area contributed by atoms with Crippen LogP contribution in [0, 0.1) is 11.3 Å². The number of aldehydes is 1. The largest absolute Gasteiger partial charge is 0.381 e. The summed E-state index contributed by atoms with van der Waals surface area (Å²) in [7, 11) is 0. The zero-order chi connectivity index (χ0) is 14.0. The second-order valence-corrected chi connectivity index (χ2v) is 6.82. The zero-order valence-electron chi connectivity index (χ0n) is 13.0. The van der Waals surface area contributed by atoms with E-state index in [4.69, 9.17) is 4.74 Å². The van der Waals surface area contributed by atoms with Gasteiger partial charge >= 0.3 is 0 Å². The third-order valence-corrected chi connectivity index (χ3v) is 4.30. The van der Waals surface area contributed by atoms with Crippen molar-refractivity contribution in [1.82, 2.24) is 0 Å². The Kier molecular flexibility index (Phi) is 8.36. The van der Waals surface area contributed by atoms with Crippen LogP contribution in [0.2, 0.25) is 0 Å². The lowest BCUT2D eigenvalue weighted by Gasteiger charge is -2.15. The molecule has 0 amide bonds. The first-order valence-corrected chi connectivity index (χ1v) is 8.18. The van der Waals surface area contributed by atoms with Crippen LogP contribution in [0.1, 0.15) is 78.1 Å². The number of carbonyl (C=O) groups excluding carboxylic acids is 1. The molecule has 0 heterocycles. The van der Waals surface area contributed by atoms with Crippen LogP contribution in [0.15, 0.2) is 0 Å². The average molecular weight is 268 g/mol. The number of carbonyl (C=O) groups is 1. The van der Waals surface area contributed by atoms with Gasteiger partial charge in [-0.1, -0.05) is 58.8 Å². The summed E-state index contributed by atoms with van der Waals surface area (Å²) in [6.07, 6.45) is 14.0. The van der Waals surface area contributed by atoms with Gasteiger partial charge in [0.05, 0.1) is 0 Å². The van der Waals surface area contributed by atoms with Crippen molar-refractivity contribution in [2.75, 3.05) is 13.2 Å². The summed E-state index contributed by atoms with van der Waals surface area (Å²) >= 11 is 0. The highest BCUT2D eigenvalue weighted by Crippen LogP contribution is 2.28. The topological polar surface area (TPSA) is 26.3 Å². The fourth-order valence-electron chi connectivity index (χ4n) is 2.88. The third-order valence-electron chi connectivity index (χ3n) is 4.30. The molecule has 0 aliphatic heterocycles. The quantitative estimate of drug-likeness (QED) is 0.399. The van der Waals surface area contributed by atoms with Gasteiger partial charge in [0, 0.05) is 18.6 Å². The van der Waals surface area contributed by atoms with E-state index in [0.717, 1.165) is 44.7 Å². The average Bonchev–Trinajstić information content (AvgIpc) is 2.90. The fraction of sp³-hybridized carbons (Fsp3) is 0.941. The Bertz CT molecular complexity index is 229. The smallest absolute Gasteiger partial charge is 0.125 e. The van der Waals surface area contributed by atoms with E-state index in [1.165, 1.54) is 44.9 Å². The van der Waals surface area contributed by atoms with E-state index < -0.39 is 0 Å². The number of unbranched alkanes of at least 4 members (excludes halogenated alkanes) is 2. The van der Waals surface area contributed by atoms with Gasteiger partial charge in [-0.05, 0) is 25.2 Å². The van der Waals surface area contributed by atoms with E-state index in [1.54, 1.807) is 0 Å². The molecule has 0 atom stereocenters. The summed E-state index contributed by atoms with van der Waals surface area (Å²) in [6.45, 7) is 5.79. The molecule has 2 heteroatoms. The van der Waals surface area contributed by atoms with Gasteiger partial charge in [0.1, 0.15) is 6.29 Å². The first-order valence-electron chi connectivity index (χ1n) is 8.18. The molecule has 1 saturated carbocycles. The maximum Gasteiger partial charge on any atom is 0.125 e. The van der Waals surface area contributed by atoms with Gasteiger partial charge in [0.25, 0.3) is 0 Å². The van der Waals surface area contributed by atoms with E-state index in [1.807, 2.05) is 13.8 Å². The van der Waals surface area contributed by atoms with E-state index in [9.17, 15) is 4.79 Å². The van der Waals surface area contributed by atoms with E-state index in [0.29, 0.717) is 0 Å². The first kappa shape index (κ1) is 16.7. The summed E-state index contributed by atoms with van der Waals surface area (Å²) in [6, 6.07) is 0. The maximum absolute atomic E-state index is 10.7. The molecule has 0 radical (unpaired) electrons. The Morgan fingerprint density at radius 1 is 1.05 bits per heavy atom. The molecule has 1 rings (SSSR count). The number of ether oxygens (including phenoxy) is 1. The summed E-state index contributed by atoms with van der Waals surface area (Å²) < 4.78 is 5.66. The van der Waals surface area contributed by atoms with Crippen LogP contribution in [-0.4, -0.2) is 19.5 Å². The molecule has 0 bridgehead atoms. The first-order chi connectivity index (χ1) is 9.14. The molecule has 1 aliphatic rings. The second-order valence-electron chi connectivity index (χ2n) is 6.82. The second kappa shape index (κ2) is 9.52. The van der Waals surface area contributed by atoms with Crippen molar-refractivity contribution in [3.63, 3.8) is 0 Å². The standard InChI is InChI=1S/C17H32O2/c1-17(2,15-18)12-6-8-14-19-13-7-5-11-16-9-3-4-10-16/h15-16H,3-14H2,1-2H3. The minimum absolute atomic E-state index is 0.152. The van der Waals surface area contributed by atoms with Gasteiger partial charge in [-0.25, -0.2) is 0 Å². The Morgan fingerprint density at radius 3 is 2.32 bits per heavy atom. The van der Waals surface area contributed by atoms with Gasteiger partial charge in [-0.15, -0.1) is 0 Å². The molecule has 0 aromatic rings. The van der Waals surface area contributed by atoms with E-state index >= 15 is 0 Å². The van der Waals surface area contributed by atoms with Gasteiger partial charge in [-0.3, -0.25) is 0 Å². The van der Waals surface area contributed by atoms with Gasteiger partial charge < -0.3 is 9.53 Å². The van der Waals surface area contributed by atoms with E-state index in [2.05, 4.69) is 0 Å². The molecule has 0 aromatic heterocycles. The van der Waals surface area contributed by atoms with Crippen LogP contribution in [-0.2, 0) is 9.53 Å². The van der Waals surface area contributed by atoms with Crippen LogP contribution >= 0.6 is 0 Å². The third kappa shape index (κ3) is 8.41. The van der Waals surface area contributed by atoms with Crippen molar-refractivity contribution in [3.05, 3.63) is 0 Å². The highest BCUT2D eigenvalue weighted by atomic mass is 16.5. The normalized spacial score (nSPS) is 16.9. The van der Waals surface area contributed by atoms with Crippen molar-refractivity contribution < 1.29 is 9.53 Å². The van der Waals surface area contributed by atoms with Crippen LogP contribution < -0.4 is 0 Å². The molecule has 1 fully saturated rings. The van der Waals surface area contributed by atoms with Crippen LogP contribution in [0.5, 0.6) is 0 Å². The van der Waals surface area contributed by atoms with Crippen molar-refractivity contribution in [3.8, 4) is 0 Å². The molecule has 19 heavy (non-hydrogen) atoms. The molecule has 2 nitrogen and oxygen atoms in total. The molecule has 0 unspecified atom stereocenters. The number of hydrogen-bond acceptors (Lipinski definition) is 2. The molecule has 1 aliphatic carbocycles. The zero-order valence-corrected chi connectivity index (χ0v) is 13.0. The van der Waals surface area contributed by atoms with Crippen LogP contribution in [0.3, 0.4) is 0 Å². The fourth-order valence-corrected chi connectivity index (χ4v) is 2.88. The summed E-state index contributed by atoms with van der Waals surface area (Å²) in [5.41, 5.74) is -0.152. The summed E-state index contributed by atoms with van der Waals surface area (Å²) in [5, 5.41) is 0. The summed E-state index contributed by atoms with van der Waals surface area (Å²) in [5.74, 6) is 1.02. The molecule has 112 valence electrons. The van der Waals surface area contributed by atoms with Crippen molar-refractivity contribution in [1.29, 1.82) is 0 Å². The van der Waals surface area contributed by atoms with Crippen LogP contribution in [0.4, 0.5) is 0 Å². The Labute approximate surface area is 119 Å². The van der Waals surface area contributed by atoms with Crippen molar-refractivity contribution in [2.45, 2.75) is 78.1 Å². The van der Waals surface area contributed by atoms with Gasteiger partial charge in [0.15, 0.2) is 0 Å². The summed E-state index contributed by atoms with van der Waals surface area (Å²) in [4.78, 5) is 10.7. The Balaban J connectivity index is 1.79. The molecule has 0 aromatic carbocycles.